The molecule has 0 saturated carbocycles. The van der Waals surface area contributed by atoms with Gasteiger partial charge in [0.25, 0.3) is 5.92 Å². The molecule has 13 heteroatoms. The third-order valence-corrected chi connectivity index (χ3v) is 8.36. The summed E-state index contributed by atoms with van der Waals surface area (Å²) in [4.78, 5) is 34.9. The normalized spacial score (nSPS) is 26.6. The number of carboxylic acids is 1. The highest BCUT2D eigenvalue weighted by Gasteiger charge is 2.57. The SMILES string of the molecule is COC(=O)C1=C(CN2[C@H]3C[C@@H](CC(=O)O)C[C@@H]2C(F)(F)C3)NC(c2nccs2)=N[C@H]1c1ccc(F)cc1Cl. The predicted molar refractivity (Wildman–Crippen MR) is 134 cm³/mol. The van der Waals surface area contributed by atoms with Crippen LogP contribution in [0.3, 0.4) is 0 Å². The average molecular weight is 569 g/mol. The Morgan fingerprint density at radius 2 is 2.13 bits per heavy atom. The van der Waals surface area contributed by atoms with E-state index in [1.54, 1.807) is 16.5 Å². The van der Waals surface area contributed by atoms with E-state index < -0.39 is 48.2 Å². The lowest BCUT2D eigenvalue weighted by molar-refractivity contribution is -0.139. The number of alkyl halides is 2. The van der Waals surface area contributed by atoms with Gasteiger partial charge < -0.3 is 15.2 Å². The van der Waals surface area contributed by atoms with Crippen molar-refractivity contribution in [1.82, 2.24) is 15.2 Å². The second-order valence-electron chi connectivity index (χ2n) is 9.63. The summed E-state index contributed by atoms with van der Waals surface area (Å²) in [6.45, 7) is -0.0607. The number of benzene rings is 1. The molecule has 1 aromatic heterocycles. The summed E-state index contributed by atoms with van der Waals surface area (Å²) in [6, 6.07) is 0.968. The molecule has 38 heavy (non-hydrogen) atoms. The number of aliphatic imine (C=N–C) groups is 1. The molecule has 0 unspecified atom stereocenters. The zero-order valence-corrected chi connectivity index (χ0v) is 21.7. The maximum Gasteiger partial charge on any atom is 0.338 e. The Labute approximate surface area is 225 Å². The molecule has 5 rings (SSSR count). The van der Waals surface area contributed by atoms with Crippen molar-refractivity contribution in [3.05, 3.63) is 62.5 Å². The number of aromatic nitrogens is 1. The molecule has 2 saturated heterocycles. The molecule has 0 aliphatic carbocycles. The van der Waals surface area contributed by atoms with Crippen LogP contribution >= 0.6 is 22.9 Å². The van der Waals surface area contributed by atoms with Crippen molar-refractivity contribution in [3.63, 3.8) is 0 Å². The van der Waals surface area contributed by atoms with Gasteiger partial charge in [-0.25, -0.2) is 22.9 Å². The first-order valence-corrected chi connectivity index (χ1v) is 13.2. The van der Waals surface area contributed by atoms with E-state index in [2.05, 4.69) is 15.3 Å². The summed E-state index contributed by atoms with van der Waals surface area (Å²) in [7, 11) is 1.20. The fourth-order valence-corrected chi connectivity index (χ4v) is 6.55. The number of halogens is 4. The van der Waals surface area contributed by atoms with Crippen LogP contribution in [-0.4, -0.2) is 64.4 Å². The maximum absolute atomic E-state index is 15.1. The number of ether oxygens (including phenoxy) is 1. The highest BCUT2D eigenvalue weighted by atomic mass is 35.5. The summed E-state index contributed by atoms with van der Waals surface area (Å²) >= 11 is 7.66. The van der Waals surface area contributed by atoms with E-state index in [1.165, 1.54) is 30.6 Å². The van der Waals surface area contributed by atoms with Crippen LogP contribution < -0.4 is 5.32 Å². The van der Waals surface area contributed by atoms with E-state index in [4.69, 9.17) is 16.3 Å². The first-order chi connectivity index (χ1) is 18.1. The molecule has 0 radical (unpaired) electrons. The van der Waals surface area contributed by atoms with Crippen LogP contribution in [-0.2, 0) is 14.3 Å². The number of nitrogens with one attached hydrogen (secondary N) is 1. The molecular formula is C25H24ClF3N4O4S. The number of fused-ring (bicyclic) bond motifs is 2. The van der Waals surface area contributed by atoms with E-state index in [9.17, 15) is 19.1 Å². The molecule has 4 atom stereocenters. The molecular weight excluding hydrogens is 545 g/mol. The lowest BCUT2D eigenvalue weighted by atomic mass is 9.87. The van der Waals surface area contributed by atoms with E-state index in [1.807, 2.05) is 0 Å². The van der Waals surface area contributed by atoms with Gasteiger partial charge in [-0.3, -0.25) is 14.7 Å². The summed E-state index contributed by atoms with van der Waals surface area (Å²) < 4.78 is 49.0. The molecule has 4 heterocycles. The van der Waals surface area contributed by atoms with Crippen molar-refractivity contribution in [2.24, 2.45) is 10.9 Å². The number of hydrogen-bond donors (Lipinski definition) is 2. The molecule has 2 bridgehead atoms. The molecule has 2 fully saturated rings. The lowest BCUT2D eigenvalue weighted by Crippen LogP contribution is -2.50. The largest absolute Gasteiger partial charge is 0.481 e. The zero-order chi connectivity index (χ0) is 27.2. The first-order valence-electron chi connectivity index (χ1n) is 11.9. The van der Waals surface area contributed by atoms with Crippen LogP contribution in [0, 0.1) is 11.7 Å². The smallest absolute Gasteiger partial charge is 0.338 e. The number of rotatable bonds is 7. The molecule has 0 amide bonds. The Balaban J connectivity index is 1.57. The minimum atomic E-state index is -3.01. The monoisotopic (exact) mass is 568 g/mol. The Morgan fingerprint density at radius 3 is 2.76 bits per heavy atom. The van der Waals surface area contributed by atoms with E-state index in [-0.39, 0.29) is 35.9 Å². The number of thiazole rings is 1. The maximum atomic E-state index is 15.1. The van der Waals surface area contributed by atoms with Crippen molar-refractivity contribution in [2.45, 2.75) is 49.7 Å². The topological polar surface area (TPSA) is 104 Å². The molecule has 202 valence electrons. The van der Waals surface area contributed by atoms with Crippen LogP contribution in [0.4, 0.5) is 13.2 Å². The minimum Gasteiger partial charge on any atom is -0.481 e. The minimum absolute atomic E-state index is 0.0251. The lowest BCUT2D eigenvalue weighted by Gasteiger charge is -2.40. The second kappa shape index (κ2) is 10.3. The van der Waals surface area contributed by atoms with Gasteiger partial charge in [-0.2, -0.15) is 0 Å². The van der Waals surface area contributed by atoms with Gasteiger partial charge in [0.15, 0.2) is 10.8 Å². The van der Waals surface area contributed by atoms with E-state index in [0.29, 0.717) is 28.5 Å². The van der Waals surface area contributed by atoms with Crippen molar-refractivity contribution in [3.8, 4) is 0 Å². The Kier molecular flexibility index (Phi) is 7.23. The van der Waals surface area contributed by atoms with Crippen molar-refractivity contribution in [2.75, 3.05) is 13.7 Å². The first kappa shape index (κ1) is 26.6. The predicted octanol–water partition coefficient (Wildman–Crippen LogP) is 4.42. The Morgan fingerprint density at radius 1 is 1.34 bits per heavy atom. The van der Waals surface area contributed by atoms with E-state index in [0.717, 1.165) is 6.07 Å². The van der Waals surface area contributed by atoms with Crippen molar-refractivity contribution in [1.29, 1.82) is 0 Å². The highest BCUT2D eigenvalue weighted by molar-refractivity contribution is 7.11. The Hall–Kier alpha value is -2.96. The molecule has 3 aliphatic heterocycles. The Bertz CT molecular complexity index is 1320. The van der Waals surface area contributed by atoms with Crippen LogP contribution in [0.15, 0.2) is 46.0 Å². The average Bonchev–Trinajstić information content (AvgIpc) is 3.43. The van der Waals surface area contributed by atoms with Gasteiger partial charge in [0, 0.05) is 53.3 Å². The number of carbonyl (C=O) groups is 2. The summed E-state index contributed by atoms with van der Waals surface area (Å²) in [5.74, 6) is -5.38. The summed E-state index contributed by atoms with van der Waals surface area (Å²) in [5.41, 5.74) is 0.707. The number of nitrogens with zero attached hydrogens (tertiary/aromatic N) is 3. The summed E-state index contributed by atoms with van der Waals surface area (Å²) in [6.07, 6.45) is 1.35. The zero-order valence-electron chi connectivity index (χ0n) is 20.2. The summed E-state index contributed by atoms with van der Waals surface area (Å²) in [5, 5.41) is 14.6. The molecule has 1 aromatic carbocycles. The fraction of sp³-hybridized carbons (Fsp3) is 0.440. The molecule has 2 N–H and O–H groups in total. The van der Waals surface area contributed by atoms with Gasteiger partial charge in [0.05, 0.1) is 18.7 Å². The number of esters is 1. The van der Waals surface area contributed by atoms with Crippen LogP contribution in [0.5, 0.6) is 0 Å². The standard InChI is InChI=1S/C25H24ClF3N4O4S/c1-37-24(36)20-17(11-33-14-6-12(8-19(34)35)7-18(33)25(28,29)10-14)31-22(23-30-4-5-38-23)32-21(20)15-3-2-13(27)9-16(15)26/h2-5,9,12,14,18,21H,6-8,10-11H2,1H3,(H,31,32)(H,34,35)/t12-,14+,18-,21+/m1/s1. The van der Waals surface area contributed by atoms with E-state index >= 15 is 8.78 Å². The fourth-order valence-electron chi connectivity index (χ4n) is 5.69. The van der Waals surface area contributed by atoms with Gasteiger partial charge in [-0.15, -0.1) is 11.3 Å². The van der Waals surface area contributed by atoms with Crippen molar-refractivity contribution >= 4 is 40.7 Å². The quantitative estimate of drug-likeness (QED) is 0.477. The highest BCUT2D eigenvalue weighted by Crippen LogP contribution is 2.49. The number of carboxylic acid groups (broad SMARTS) is 1. The van der Waals surface area contributed by atoms with Gasteiger partial charge in [0.1, 0.15) is 11.9 Å². The molecule has 8 nitrogen and oxygen atoms in total. The van der Waals surface area contributed by atoms with Crippen molar-refractivity contribution < 1.29 is 32.6 Å². The number of hydrogen-bond acceptors (Lipinski definition) is 8. The number of methoxy groups -OCH3 is 1. The van der Waals surface area contributed by atoms with Gasteiger partial charge in [-0.1, -0.05) is 17.7 Å². The number of aliphatic carboxylic acids is 1. The molecule has 2 aromatic rings. The van der Waals surface area contributed by atoms with Gasteiger partial charge in [-0.05, 0) is 30.9 Å². The van der Waals surface area contributed by atoms with Crippen LogP contribution in [0.1, 0.15) is 42.3 Å². The van der Waals surface area contributed by atoms with Crippen LogP contribution in [0.25, 0.3) is 0 Å². The van der Waals surface area contributed by atoms with Crippen LogP contribution in [0.2, 0.25) is 5.02 Å². The molecule has 0 spiro atoms. The third-order valence-electron chi connectivity index (χ3n) is 7.25. The van der Waals surface area contributed by atoms with Gasteiger partial charge >= 0.3 is 11.9 Å². The number of amidine groups is 1. The third kappa shape index (κ3) is 5.04. The number of piperidine rings is 1. The molecule has 3 aliphatic rings. The van der Waals surface area contributed by atoms with Gasteiger partial charge in [0.2, 0.25) is 0 Å². The number of carbonyl (C=O) groups excluding carboxylic acids is 1. The second-order valence-corrected chi connectivity index (χ2v) is 10.9.